The second-order valence-electron chi connectivity index (χ2n) is 4.70. The molecular weight excluding hydrogens is 268 g/mol. The molecule has 0 aliphatic carbocycles. The van der Waals surface area contributed by atoms with E-state index in [0.717, 1.165) is 4.68 Å². The molecule has 1 heterocycles. The van der Waals surface area contributed by atoms with Crippen LogP contribution >= 0.6 is 0 Å². The molecule has 0 radical (unpaired) electrons. The van der Waals surface area contributed by atoms with Crippen LogP contribution in [0.25, 0.3) is 0 Å². The minimum atomic E-state index is -1.20. The predicted octanol–water partition coefficient (Wildman–Crippen LogP) is 0.476. The fourth-order valence-corrected chi connectivity index (χ4v) is 1.84. The number of aryl methyl sites for hydroxylation is 2. The Bertz CT molecular complexity index is 563. The third-order valence-corrected chi connectivity index (χ3v) is 2.81. The van der Waals surface area contributed by atoms with Gasteiger partial charge in [0.1, 0.15) is 11.7 Å². The van der Waals surface area contributed by atoms with Crippen molar-refractivity contribution in [3.63, 3.8) is 0 Å². The number of nitro groups is 1. The van der Waals surface area contributed by atoms with Crippen LogP contribution in [0.4, 0.5) is 5.69 Å². The highest BCUT2D eigenvalue weighted by Crippen LogP contribution is 2.22. The fraction of sp³-hybridized carbons (Fsp3) is 0.545. The molecule has 0 aliphatic rings. The summed E-state index contributed by atoms with van der Waals surface area (Å²) in [5, 5.41) is 26.1. The molecule has 2 N–H and O–H groups in total. The molecule has 0 aromatic carbocycles. The first-order valence-corrected chi connectivity index (χ1v) is 5.88. The highest BCUT2D eigenvalue weighted by Gasteiger charge is 2.32. The van der Waals surface area contributed by atoms with Crippen LogP contribution in [0.1, 0.15) is 30.0 Å². The normalized spacial score (nSPS) is 12.2. The number of hydrogen-bond donors (Lipinski definition) is 2. The Balaban J connectivity index is 3.16. The SMILES string of the molecule is Cc1nn(C)c(C(=O)NC(C(=O)O)C(C)C)c1[N+](=O)[O-]. The molecule has 1 aromatic rings. The highest BCUT2D eigenvalue weighted by atomic mass is 16.6. The van der Waals surface area contributed by atoms with Crippen LogP contribution in [-0.2, 0) is 11.8 Å². The summed E-state index contributed by atoms with van der Waals surface area (Å²) in [5.74, 6) is -2.39. The number of carbonyl (C=O) groups is 2. The van der Waals surface area contributed by atoms with E-state index in [4.69, 9.17) is 5.11 Å². The number of nitrogens with one attached hydrogen (secondary N) is 1. The van der Waals surface area contributed by atoms with Crippen molar-refractivity contribution in [2.45, 2.75) is 26.8 Å². The number of rotatable bonds is 5. The van der Waals surface area contributed by atoms with E-state index < -0.39 is 28.5 Å². The maximum Gasteiger partial charge on any atom is 0.326 e. The minimum absolute atomic E-state index is 0.0964. The molecule has 1 rings (SSSR count). The van der Waals surface area contributed by atoms with Gasteiger partial charge in [0.2, 0.25) is 5.69 Å². The summed E-state index contributed by atoms with van der Waals surface area (Å²) in [6.45, 7) is 4.66. The summed E-state index contributed by atoms with van der Waals surface area (Å²) in [5.41, 5.74) is -0.587. The zero-order valence-electron chi connectivity index (χ0n) is 11.6. The number of carboxylic acid groups (broad SMARTS) is 1. The Morgan fingerprint density at radius 3 is 2.40 bits per heavy atom. The monoisotopic (exact) mass is 284 g/mol. The lowest BCUT2D eigenvalue weighted by Crippen LogP contribution is -2.45. The largest absolute Gasteiger partial charge is 0.480 e. The smallest absolute Gasteiger partial charge is 0.326 e. The van der Waals surface area contributed by atoms with Gasteiger partial charge in [-0.2, -0.15) is 5.10 Å². The van der Waals surface area contributed by atoms with Gasteiger partial charge < -0.3 is 10.4 Å². The van der Waals surface area contributed by atoms with E-state index in [2.05, 4.69) is 10.4 Å². The molecule has 20 heavy (non-hydrogen) atoms. The lowest BCUT2D eigenvalue weighted by Gasteiger charge is -2.17. The van der Waals surface area contributed by atoms with Gasteiger partial charge in [-0.1, -0.05) is 13.8 Å². The Labute approximate surface area is 114 Å². The highest BCUT2D eigenvalue weighted by molar-refractivity contribution is 5.98. The molecule has 0 bridgehead atoms. The van der Waals surface area contributed by atoms with Crippen LogP contribution in [-0.4, -0.2) is 37.7 Å². The Hall–Kier alpha value is -2.45. The maximum absolute atomic E-state index is 12.1. The Morgan fingerprint density at radius 2 is 2.00 bits per heavy atom. The first kappa shape index (κ1) is 15.6. The van der Waals surface area contributed by atoms with Crippen LogP contribution in [0, 0.1) is 23.0 Å². The molecule has 9 nitrogen and oxygen atoms in total. The van der Waals surface area contributed by atoms with E-state index in [1.54, 1.807) is 13.8 Å². The molecule has 110 valence electrons. The second-order valence-corrected chi connectivity index (χ2v) is 4.70. The van der Waals surface area contributed by atoms with Gasteiger partial charge in [0, 0.05) is 7.05 Å². The molecule has 0 saturated heterocycles. The molecule has 0 aliphatic heterocycles. The van der Waals surface area contributed by atoms with Gasteiger partial charge in [-0.25, -0.2) is 4.79 Å². The van der Waals surface area contributed by atoms with Crippen molar-refractivity contribution in [2.24, 2.45) is 13.0 Å². The van der Waals surface area contributed by atoms with Crippen molar-refractivity contribution in [3.05, 3.63) is 21.5 Å². The van der Waals surface area contributed by atoms with E-state index in [0.29, 0.717) is 0 Å². The average Bonchev–Trinajstić information content (AvgIpc) is 2.59. The van der Waals surface area contributed by atoms with Crippen LogP contribution in [0.15, 0.2) is 0 Å². The molecular formula is C11H16N4O5. The summed E-state index contributed by atoms with van der Waals surface area (Å²) in [6.07, 6.45) is 0. The second kappa shape index (κ2) is 5.68. The van der Waals surface area contributed by atoms with E-state index >= 15 is 0 Å². The number of hydrogen-bond acceptors (Lipinski definition) is 5. The number of carbonyl (C=O) groups excluding carboxylic acids is 1. The van der Waals surface area contributed by atoms with Crippen molar-refractivity contribution in [3.8, 4) is 0 Å². The van der Waals surface area contributed by atoms with Gasteiger partial charge in [-0.3, -0.25) is 19.6 Å². The molecule has 0 fully saturated rings. The summed E-state index contributed by atoms with van der Waals surface area (Å²) in [6, 6.07) is -1.13. The Morgan fingerprint density at radius 1 is 1.45 bits per heavy atom. The van der Waals surface area contributed by atoms with Gasteiger partial charge in [0.25, 0.3) is 5.91 Å². The third-order valence-electron chi connectivity index (χ3n) is 2.81. The Kier molecular flexibility index (Phi) is 4.43. The number of nitrogens with zero attached hydrogens (tertiary/aromatic N) is 3. The quantitative estimate of drug-likeness (QED) is 0.597. The van der Waals surface area contributed by atoms with Crippen LogP contribution < -0.4 is 5.32 Å². The lowest BCUT2D eigenvalue weighted by molar-refractivity contribution is -0.385. The fourth-order valence-electron chi connectivity index (χ4n) is 1.84. The molecule has 0 spiro atoms. The van der Waals surface area contributed by atoms with Gasteiger partial charge in [-0.05, 0) is 12.8 Å². The van der Waals surface area contributed by atoms with Gasteiger partial charge >= 0.3 is 11.7 Å². The van der Waals surface area contributed by atoms with Crippen LogP contribution in [0.3, 0.4) is 0 Å². The third kappa shape index (κ3) is 2.92. The standard InChI is InChI=1S/C11H16N4O5/c1-5(2)7(11(17)18)12-10(16)9-8(15(19)20)6(3)13-14(9)4/h5,7H,1-4H3,(H,12,16)(H,17,18). The molecule has 1 unspecified atom stereocenters. The average molecular weight is 284 g/mol. The summed E-state index contributed by atoms with van der Waals surface area (Å²) >= 11 is 0. The van der Waals surface area contributed by atoms with E-state index in [-0.39, 0.29) is 17.3 Å². The molecule has 9 heteroatoms. The van der Waals surface area contributed by atoms with Gasteiger partial charge in [-0.15, -0.1) is 0 Å². The summed E-state index contributed by atoms with van der Waals surface area (Å²) in [7, 11) is 1.39. The molecule has 1 atom stereocenters. The maximum atomic E-state index is 12.1. The van der Waals surface area contributed by atoms with E-state index in [9.17, 15) is 19.7 Å². The zero-order valence-corrected chi connectivity index (χ0v) is 11.6. The van der Waals surface area contributed by atoms with Crippen molar-refractivity contribution < 1.29 is 19.6 Å². The molecule has 0 saturated carbocycles. The van der Waals surface area contributed by atoms with Crippen molar-refractivity contribution in [2.75, 3.05) is 0 Å². The number of aliphatic carboxylic acids is 1. The number of amides is 1. The number of aromatic nitrogens is 2. The molecule has 1 aromatic heterocycles. The summed E-state index contributed by atoms with van der Waals surface area (Å²) in [4.78, 5) is 33.4. The first-order chi connectivity index (χ1) is 9.16. The van der Waals surface area contributed by atoms with E-state index in [1.807, 2.05) is 0 Å². The predicted molar refractivity (Wildman–Crippen MR) is 68.3 cm³/mol. The molecule has 1 amide bonds. The van der Waals surface area contributed by atoms with Gasteiger partial charge in [0.15, 0.2) is 0 Å². The summed E-state index contributed by atoms with van der Waals surface area (Å²) < 4.78 is 1.07. The van der Waals surface area contributed by atoms with Gasteiger partial charge in [0.05, 0.1) is 4.92 Å². The van der Waals surface area contributed by atoms with Crippen molar-refractivity contribution >= 4 is 17.6 Å². The number of carboxylic acids is 1. The van der Waals surface area contributed by atoms with E-state index in [1.165, 1.54) is 14.0 Å². The topological polar surface area (TPSA) is 127 Å². The van der Waals surface area contributed by atoms with Crippen LogP contribution in [0.2, 0.25) is 0 Å². The zero-order chi connectivity index (χ0) is 15.6. The van der Waals surface area contributed by atoms with Crippen molar-refractivity contribution in [1.29, 1.82) is 0 Å². The minimum Gasteiger partial charge on any atom is -0.480 e. The first-order valence-electron chi connectivity index (χ1n) is 5.88. The lowest BCUT2D eigenvalue weighted by atomic mass is 10.0. The van der Waals surface area contributed by atoms with Crippen molar-refractivity contribution in [1.82, 2.24) is 15.1 Å². The van der Waals surface area contributed by atoms with Crippen LogP contribution in [0.5, 0.6) is 0 Å².